The molecule has 10 nitrogen and oxygen atoms in total. The van der Waals surface area contributed by atoms with E-state index in [4.69, 9.17) is 0 Å². The number of nitrogens with zero attached hydrogens (tertiary/aromatic N) is 4. The average molecular weight is 500 g/mol. The summed E-state index contributed by atoms with van der Waals surface area (Å²) in [4.78, 5) is 26.1. The van der Waals surface area contributed by atoms with Crippen molar-refractivity contribution in [2.75, 3.05) is 22.7 Å². The van der Waals surface area contributed by atoms with Crippen LogP contribution in [0.2, 0.25) is 0 Å². The van der Waals surface area contributed by atoms with Gasteiger partial charge in [0.25, 0.3) is 21.3 Å². The summed E-state index contributed by atoms with van der Waals surface area (Å²) in [7, 11) is -2.61. The molecule has 2 aromatic carbocycles. The minimum atomic E-state index is -4.27. The number of nitro benzene ring substituents is 1. The van der Waals surface area contributed by atoms with E-state index in [0.29, 0.717) is 42.0 Å². The van der Waals surface area contributed by atoms with Crippen LogP contribution in [0.5, 0.6) is 0 Å². The van der Waals surface area contributed by atoms with E-state index in [0.717, 1.165) is 12.5 Å². The van der Waals surface area contributed by atoms with Gasteiger partial charge in [0.2, 0.25) is 0 Å². The van der Waals surface area contributed by atoms with Gasteiger partial charge < -0.3 is 4.90 Å². The Balaban J connectivity index is 1.72. The van der Waals surface area contributed by atoms with Crippen LogP contribution in [0, 0.1) is 28.9 Å². The van der Waals surface area contributed by atoms with E-state index in [1.54, 1.807) is 42.9 Å². The van der Waals surface area contributed by atoms with Crippen molar-refractivity contribution in [3.63, 3.8) is 0 Å². The van der Waals surface area contributed by atoms with Gasteiger partial charge in [-0.25, -0.2) is 13.1 Å². The standard InChI is InChI=1S/C24H29N5O5S/c1-16-12-17(2)15-27(14-16)21-11-10-20(13-22(21)29(31)32)35(33,34)25-23-18(3)26(4)28(24(23)30)19-8-6-5-7-9-19/h5-11,13,16-17,25H,12,14-15H2,1-4H3/t16-,17+. The molecule has 0 radical (unpaired) electrons. The number of sulfonamides is 1. The lowest BCUT2D eigenvalue weighted by molar-refractivity contribution is -0.384. The third-order valence-electron chi connectivity index (χ3n) is 6.45. The quantitative estimate of drug-likeness (QED) is 0.408. The highest BCUT2D eigenvalue weighted by Gasteiger charge is 2.30. The molecule has 1 aliphatic rings. The summed E-state index contributed by atoms with van der Waals surface area (Å²) in [6.45, 7) is 7.15. The Morgan fingerprint density at radius 1 is 1.06 bits per heavy atom. The molecule has 2 heterocycles. The molecular weight excluding hydrogens is 470 g/mol. The molecule has 0 spiro atoms. The zero-order chi connectivity index (χ0) is 25.5. The third kappa shape index (κ3) is 4.68. The molecule has 0 amide bonds. The first-order valence-electron chi connectivity index (χ1n) is 11.4. The fraction of sp³-hybridized carbons (Fsp3) is 0.375. The minimum absolute atomic E-state index is 0.109. The molecular formula is C24H29N5O5S. The van der Waals surface area contributed by atoms with Gasteiger partial charge in [-0.3, -0.25) is 24.3 Å². The van der Waals surface area contributed by atoms with Crippen LogP contribution in [-0.4, -0.2) is 35.8 Å². The number of para-hydroxylation sites is 1. The Hall–Kier alpha value is -3.60. The van der Waals surface area contributed by atoms with Crippen molar-refractivity contribution in [2.24, 2.45) is 18.9 Å². The van der Waals surface area contributed by atoms with Crippen LogP contribution in [0.4, 0.5) is 17.1 Å². The van der Waals surface area contributed by atoms with Crippen LogP contribution in [0.25, 0.3) is 5.69 Å². The van der Waals surface area contributed by atoms with Crippen LogP contribution in [0.15, 0.2) is 58.2 Å². The Kier molecular flexibility index (Phi) is 6.46. The number of hydrogen-bond acceptors (Lipinski definition) is 6. The first-order chi connectivity index (χ1) is 16.5. The molecule has 2 atom stereocenters. The molecule has 1 fully saturated rings. The topological polar surface area (TPSA) is 119 Å². The fourth-order valence-corrected chi connectivity index (χ4v) is 5.96. The third-order valence-corrected chi connectivity index (χ3v) is 7.80. The predicted molar refractivity (Wildman–Crippen MR) is 135 cm³/mol. The second kappa shape index (κ2) is 9.21. The monoisotopic (exact) mass is 499 g/mol. The number of rotatable bonds is 6. The van der Waals surface area contributed by atoms with E-state index < -0.39 is 20.5 Å². The first-order valence-corrected chi connectivity index (χ1v) is 12.9. The Bertz CT molecular complexity index is 1420. The van der Waals surface area contributed by atoms with Crippen molar-refractivity contribution in [3.8, 4) is 5.69 Å². The molecule has 1 saturated heterocycles. The van der Waals surface area contributed by atoms with Gasteiger partial charge in [-0.05, 0) is 49.4 Å². The Labute approximate surface area is 204 Å². The summed E-state index contributed by atoms with van der Waals surface area (Å²) < 4.78 is 31.7. The molecule has 3 aromatic rings. The Morgan fingerprint density at radius 3 is 2.29 bits per heavy atom. The average Bonchev–Trinajstić information content (AvgIpc) is 3.01. The second-order valence-electron chi connectivity index (χ2n) is 9.30. The van der Waals surface area contributed by atoms with E-state index in [-0.39, 0.29) is 16.3 Å². The van der Waals surface area contributed by atoms with E-state index in [1.165, 1.54) is 16.8 Å². The van der Waals surface area contributed by atoms with E-state index in [9.17, 15) is 23.3 Å². The molecule has 186 valence electrons. The maximum Gasteiger partial charge on any atom is 0.296 e. The van der Waals surface area contributed by atoms with Crippen LogP contribution >= 0.6 is 0 Å². The smallest absolute Gasteiger partial charge is 0.296 e. The molecule has 1 aromatic heterocycles. The highest BCUT2D eigenvalue weighted by Crippen LogP contribution is 2.35. The Morgan fingerprint density at radius 2 is 1.69 bits per heavy atom. The maximum absolute atomic E-state index is 13.2. The van der Waals surface area contributed by atoms with Gasteiger partial charge in [0.15, 0.2) is 0 Å². The predicted octanol–water partition coefficient (Wildman–Crippen LogP) is 3.68. The lowest BCUT2D eigenvalue weighted by atomic mass is 9.91. The molecule has 11 heteroatoms. The van der Waals surface area contributed by atoms with E-state index in [1.807, 2.05) is 11.0 Å². The second-order valence-corrected chi connectivity index (χ2v) is 11.0. The summed E-state index contributed by atoms with van der Waals surface area (Å²) in [6, 6.07) is 12.7. The summed E-state index contributed by atoms with van der Waals surface area (Å²) in [5.41, 5.74) is 0.461. The summed E-state index contributed by atoms with van der Waals surface area (Å²) in [5.74, 6) is 0.743. The number of anilines is 2. The zero-order valence-electron chi connectivity index (χ0n) is 20.1. The van der Waals surface area contributed by atoms with Crippen molar-refractivity contribution >= 4 is 27.1 Å². The highest BCUT2D eigenvalue weighted by molar-refractivity contribution is 7.92. The van der Waals surface area contributed by atoms with Gasteiger partial charge in [-0.2, -0.15) is 0 Å². The van der Waals surface area contributed by atoms with Crippen LogP contribution in [-0.2, 0) is 17.1 Å². The van der Waals surface area contributed by atoms with Crippen molar-refractivity contribution in [1.82, 2.24) is 9.36 Å². The van der Waals surface area contributed by atoms with Crippen molar-refractivity contribution in [2.45, 2.75) is 32.1 Å². The van der Waals surface area contributed by atoms with Gasteiger partial charge in [-0.1, -0.05) is 32.0 Å². The van der Waals surface area contributed by atoms with E-state index >= 15 is 0 Å². The van der Waals surface area contributed by atoms with Crippen LogP contribution in [0.1, 0.15) is 26.0 Å². The molecule has 0 saturated carbocycles. The van der Waals surface area contributed by atoms with Crippen LogP contribution < -0.4 is 15.2 Å². The molecule has 1 aliphatic heterocycles. The molecule has 35 heavy (non-hydrogen) atoms. The largest absolute Gasteiger partial charge is 0.365 e. The number of aromatic nitrogens is 2. The summed E-state index contributed by atoms with van der Waals surface area (Å²) in [6.07, 6.45) is 1.04. The molecule has 1 N–H and O–H groups in total. The maximum atomic E-state index is 13.2. The van der Waals surface area contributed by atoms with Gasteiger partial charge in [-0.15, -0.1) is 0 Å². The van der Waals surface area contributed by atoms with E-state index in [2.05, 4.69) is 18.6 Å². The first kappa shape index (κ1) is 24.5. The van der Waals surface area contributed by atoms with Crippen LogP contribution in [0.3, 0.4) is 0 Å². The lowest BCUT2D eigenvalue weighted by Gasteiger charge is -2.36. The normalized spacial score (nSPS) is 18.5. The lowest BCUT2D eigenvalue weighted by Crippen LogP contribution is -2.39. The van der Waals surface area contributed by atoms with Crippen molar-refractivity contribution < 1.29 is 13.3 Å². The summed E-state index contributed by atoms with van der Waals surface area (Å²) in [5, 5.41) is 11.9. The van der Waals surface area contributed by atoms with Gasteiger partial charge >= 0.3 is 0 Å². The van der Waals surface area contributed by atoms with Gasteiger partial charge in [0.05, 0.1) is 21.2 Å². The zero-order valence-corrected chi connectivity index (χ0v) is 20.9. The number of nitrogens with one attached hydrogen (secondary N) is 1. The van der Waals surface area contributed by atoms with Gasteiger partial charge in [0.1, 0.15) is 11.4 Å². The number of benzene rings is 2. The SMILES string of the molecule is Cc1c(NS(=O)(=O)c2ccc(N3C[C@H](C)C[C@H](C)C3)c([N+](=O)[O-])c2)c(=O)n(-c2ccccc2)n1C. The number of hydrogen-bond donors (Lipinski definition) is 1. The molecule has 4 rings (SSSR count). The highest BCUT2D eigenvalue weighted by atomic mass is 32.2. The minimum Gasteiger partial charge on any atom is -0.365 e. The van der Waals surface area contributed by atoms with Gasteiger partial charge in [0, 0.05) is 26.2 Å². The summed E-state index contributed by atoms with van der Waals surface area (Å²) >= 11 is 0. The molecule has 0 aliphatic carbocycles. The molecule has 0 bridgehead atoms. The van der Waals surface area contributed by atoms with Crippen molar-refractivity contribution in [3.05, 3.63) is 74.7 Å². The van der Waals surface area contributed by atoms with Crippen molar-refractivity contribution in [1.29, 1.82) is 0 Å². The number of nitro groups is 1. The number of piperidine rings is 1. The molecule has 0 unspecified atom stereocenters. The fourth-order valence-electron chi connectivity index (χ4n) is 4.82.